The second-order valence-corrected chi connectivity index (χ2v) is 5.98. The molecule has 0 atom stereocenters. The molecule has 28 heavy (non-hydrogen) atoms. The third-order valence-corrected chi connectivity index (χ3v) is 4.16. The van der Waals surface area contributed by atoms with Crippen LogP contribution in [0.25, 0.3) is 10.9 Å². The molecule has 0 aliphatic rings. The van der Waals surface area contributed by atoms with Crippen LogP contribution in [0, 0.1) is 0 Å². The van der Waals surface area contributed by atoms with Gasteiger partial charge in [-0.1, -0.05) is 55.1 Å². The molecule has 0 unspecified atom stereocenters. The minimum atomic E-state index is 0. The second-order valence-electron chi connectivity index (χ2n) is 5.98. The molecule has 0 radical (unpaired) electrons. The lowest BCUT2D eigenvalue weighted by molar-refractivity contribution is 0.358. The number of guanidine groups is 1. The van der Waals surface area contributed by atoms with Crippen LogP contribution >= 0.6 is 24.0 Å². The summed E-state index contributed by atoms with van der Waals surface area (Å²) in [6, 6.07) is 18.2. The number of para-hydroxylation sites is 2. The first-order chi connectivity index (χ1) is 13.3. The van der Waals surface area contributed by atoms with Gasteiger partial charge in [-0.2, -0.15) is 0 Å². The molecule has 6 heteroatoms. The van der Waals surface area contributed by atoms with Gasteiger partial charge in [-0.25, -0.2) is 0 Å². The normalized spacial score (nSPS) is 10.8. The molecule has 3 aromatic rings. The van der Waals surface area contributed by atoms with E-state index in [-0.39, 0.29) is 24.0 Å². The summed E-state index contributed by atoms with van der Waals surface area (Å²) in [7, 11) is 1.76. The van der Waals surface area contributed by atoms with Gasteiger partial charge in [-0.15, -0.1) is 24.0 Å². The Hall–Kier alpha value is -2.61. The van der Waals surface area contributed by atoms with Crippen LogP contribution in [0.2, 0.25) is 0 Å². The van der Waals surface area contributed by atoms with Gasteiger partial charge in [0.05, 0.1) is 5.52 Å². The predicted molar refractivity (Wildman–Crippen MR) is 126 cm³/mol. The van der Waals surface area contributed by atoms with E-state index in [0.717, 1.165) is 33.7 Å². The van der Waals surface area contributed by atoms with Crippen LogP contribution in [-0.2, 0) is 13.1 Å². The largest absolute Gasteiger partial charge is 0.489 e. The van der Waals surface area contributed by atoms with Crippen LogP contribution in [0.5, 0.6) is 5.75 Å². The van der Waals surface area contributed by atoms with Crippen molar-refractivity contribution < 1.29 is 4.74 Å². The van der Waals surface area contributed by atoms with Gasteiger partial charge in [0.15, 0.2) is 5.96 Å². The SMILES string of the molecule is C=CCOc1ccccc1CNC(=NC)NCc1cccc2cccnc12.I. The molecular formula is C22H25IN4O. The molecule has 2 N–H and O–H groups in total. The molecule has 0 saturated heterocycles. The summed E-state index contributed by atoms with van der Waals surface area (Å²) in [5, 5.41) is 7.82. The van der Waals surface area contributed by atoms with Crippen molar-refractivity contribution in [2.45, 2.75) is 13.1 Å². The van der Waals surface area contributed by atoms with Crippen LogP contribution in [0.4, 0.5) is 0 Å². The molecule has 1 heterocycles. The van der Waals surface area contributed by atoms with Crippen molar-refractivity contribution in [1.82, 2.24) is 15.6 Å². The van der Waals surface area contributed by atoms with Gasteiger partial charge in [-0.05, 0) is 17.7 Å². The highest BCUT2D eigenvalue weighted by atomic mass is 127. The molecule has 0 saturated carbocycles. The van der Waals surface area contributed by atoms with Crippen LogP contribution in [-0.4, -0.2) is 24.6 Å². The lowest BCUT2D eigenvalue weighted by Crippen LogP contribution is -2.36. The van der Waals surface area contributed by atoms with Crippen molar-refractivity contribution in [3.05, 3.63) is 84.6 Å². The van der Waals surface area contributed by atoms with Crippen LogP contribution in [0.3, 0.4) is 0 Å². The van der Waals surface area contributed by atoms with Crippen molar-refractivity contribution in [2.24, 2.45) is 4.99 Å². The Kier molecular flexibility index (Phi) is 8.74. The first-order valence-corrected chi connectivity index (χ1v) is 8.90. The summed E-state index contributed by atoms with van der Waals surface area (Å²) in [6.07, 6.45) is 3.56. The first-order valence-electron chi connectivity index (χ1n) is 8.90. The maximum Gasteiger partial charge on any atom is 0.191 e. The Balaban J connectivity index is 0.00000280. The fourth-order valence-corrected chi connectivity index (χ4v) is 2.83. The van der Waals surface area contributed by atoms with E-state index >= 15 is 0 Å². The maximum atomic E-state index is 5.70. The zero-order valence-corrected chi connectivity index (χ0v) is 18.2. The Morgan fingerprint density at radius 1 is 1.04 bits per heavy atom. The van der Waals surface area contributed by atoms with E-state index < -0.39 is 0 Å². The molecule has 5 nitrogen and oxygen atoms in total. The van der Waals surface area contributed by atoms with Gasteiger partial charge in [0.2, 0.25) is 0 Å². The lowest BCUT2D eigenvalue weighted by atomic mass is 10.1. The standard InChI is InChI=1S/C22H24N4O.HI/c1-3-14-27-20-12-5-4-8-18(20)15-25-22(23-2)26-16-19-10-6-9-17-11-7-13-24-21(17)19;/h3-13H,1,14-16H2,2H3,(H2,23,25,26);1H. The Morgan fingerprint density at radius 2 is 1.75 bits per heavy atom. The Labute approximate surface area is 183 Å². The quantitative estimate of drug-likeness (QED) is 0.226. The van der Waals surface area contributed by atoms with E-state index in [1.165, 1.54) is 0 Å². The summed E-state index contributed by atoms with van der Waals surface area (Å²) in [4.78, 5) is 8.80. The van der Waals surface area contributed by atoms with Crippen molar-refractivity contribution in [3.63, 3.8) is 0 Å². The monoisotopic (exact) mass is 488 g/mol. The highest BCUT2D eigenvalue weighted by Crippen LogP contribution is 2.18. The van der Waals surface area contributed by atoms with Crippen molar-refractivity contribution >= 4 is 40.8 Å². The number of aromatic nitrogens is 1. The van der Waals surface area contributed by atoms with E-state index in [1.807, 2.05) is 42.6 Å². The summed E-state index contributed by atoms with van der Waals surface area (Å²) < 4.78 is 5.70. The second kappa shape index (κ2) is 11.3. The third-order valence-electron chi connectivity index (χ3n) is 4.16. The topological polar surface area (TPSA) is 58.5 Å². The van der Waals surface area contributed by atoms with Crippen LogP contribution in [0.1, 0.15) is 11.1 Å². The molecule has 1 aromatic heterocycles. The summed E-state index contributed by atoms with van der Waals surface area (Å²) in [5.74, 6) is 1.57. The number of aliphatic imine (C=N–C) groups is 1. The number of fused-ring (bicyclic) bond motifs is 1. The highest BCUT2D eigenvalue weighted by molar-refractivity contribution is 14.0. The smallest absolute Gasteiger partial charge is 0.191 e. The number of benzene rings is 2. The zero-order chi connectivity index (χ0) is 18.9. The molecular weight excluding hydrogens is 463 g/mol. The number of halogens is 1. The number of rotatable bonds is 7. The average Bonchev–Trinajstić information content (AvgIpc) is 2.73. The maximum absolute atomic E-state index is 5.70. The van der Waals surface area contributed by atoms with Crippen molar-refractivity contribution in [2.75, 3.05) is 13.7 Å². The van der Waals surface area contributed by atoms with Gasteiger partial charge in [0, 0.05) is 37.3 Å². The van der Waals surface area contributed by atoms with E-state index in [2.05, 4.69) is 45.4 Å². The van der Waals surface area contributed by atoms with Gasteiger partial charge < -0.3 is 15.4 Å². The number of hydrogen-bond donors (Lipinski definition) is 2. The number of nitrogens with zero attached hydrogens (tertiary/aromatic N) is 2. The van der Waals surface area contributed by atoms with Crippen LogP contribution in [0.15, 0.2) is 78.4 Å². The summed E-state index contributed by atoms with van der Waals surface area (Å²) >= 11 is 0. The van der Waals surface area contributed by atoms with Crippen LogP contribution < -0.4 is 15.4 Å². The number of nitrogens with one attached hydrogen (secondary N) is 2. The fourth-order valence-electron chi connectivity index (χ4n) is 2.83. The number of hydrogen-bond acceptors (Lipinski definition) is 3. The molecule has 0 aliphatic carbocycles. The molecule has 2 aromatic carbocycles. The lowest BCUT2D eigenvalue weighted by Gasteiger charge is -2.15. The van der Waals surface area contributed by atoms with E-state index in [9.17, 15) is 0 Å². The van der Waals surface area contributed by atoms with Gasteiger partial charge in [0.1, 0.15) is 12.4 Å². The van der Waals surface area contributed by atoms with Gasteiger partial charge >= 0.3 is 0 Å². The number of ether oxygens (including phenoxy) is 1. The molecule has 0 aliphatic heterocycles. The van der Waals surface area contributed by atoms with Crippen molar-refractivity contribution in [3.8, 4) is 5.75 Å². The first kappa shape index (κ1) is 21.7. The molecule has 3 rings (SSSR count). The minimum absolute atomic E-state index is 0. The fraction of sp³-hybridized carbons (Fsp3) is 0.182. The average molecular weight is 488 g/mol. The minimum Gasteiger partial charge on any atom is -0.489 e. The van der Waals surface area contributed by atoms with Gasteiger partial charge in [0.25, 0.3) is 0 Å². The third kappa shape index (κ3) is 5.69. The van der Waals surface area contributed by atoms with Crippen molar-refractivity contribution in [1.29, 1.82) is 0 Å². The molecule has 146 valence electrons. The summed E-state index contributed by atoms with van der Waals surface area (Å²) in [5.41, 5.74) is 3.20. The Bertz CT molecular complexity index is 937. The van der Waals surface area contributed by atoms with E-state index in [4.69, 9.17) is 4.74 Å². The number of pyridine rings is 1. The predicted octanol–water partition coefficient (Wildman–Crippen LogP) is 4.28. The summed E-state index contributed by atoms with van der Waals surface area (Å²) in [6.45, 7) is 5.43. The van der Waals surface area contributed by atoms with E-state index in [0.29, 0.717) is 19.7 Å². The highest BCUT2D eigenvalue weighted by Gasteiger charge is 2.06. The van der Waals surface area contributed by atoms with Gasteiger partial charge in [-0.3, -0.25) is 9.98 Å². The molecule has 0 spiro atoms. The van der Waals surface area contributed by atoms with E-state index in [1.54, 1.807) is 13.1 Å². The molecule has 0 amide bonds. The molecule has 0 fully saturated rings. The zero-order valence-electron chi connectivity index (χ0n) is 15.9. The Morgan fingerprint density at radius 3 is 2.54 bits per heavy atom. The molecule has 0 bridgehead atoms.